The van der Waals surface area contributed by atoms with Crippen LogP contribution in [0, 0.1) is 0 Å². The van der Waals surface area contributed by atoms with E-state index in [4.69, 9.17) is 16.3 Å². The number of esters is 1. The Bertz CT molecular complexity index is 830. The predicted molar refractivity (Wildman–Crippen MR) is 75.6 cm³/mol. The summed E-state index contributed by atoms with van der Waals surface area (Å²) in [5.74, 6) is -0.0722. The third-order valence-corrected chi connectivity index (χ3v) is 2.88. The summed E-state index contributed by atoms with van der Waals surface area (Å²) in [7, 11) is 0. The highest BCUT2D eigenvalue weighted by atomic mass is 35.5. The lowest BCUT2D eigenvalue weighted by atomic mass is 10.2. The molecule has 0 atom stereocenters. The molecule has 0 spiro atoms. The van der Waals surface area contributed by atoms with Gasteiger partial charge in [0.2, 0.25) is 0 Å². The van der Waals surface area contributed by atoms with Crippen molar-refractivity contribution in [3.63, 3.8) is 0 Å². The largest absolute Gasteiger partial charge is 0.423 e. The molecular weight excluding hydrogens is 294 g/mol. The van der Waals surface area contributed by atoms with Crippen LogP contribution in [-0.2, 0) is 0 Å². The van der Waals surface area contributed by atoms with Gasteiger partial charge in [0.1, 0.15) is 16.8 Å². The fourth-order valence-corrected chi connectivity index (χ4v) is 1.85. The van der Waals surface area contributed by atoms with E-state index in [9.17, 15) is 9.59 Å². The highest BCUT2D eigenvalue weighted by Crippen LogP contribution is 2.15. The molecule has 2 aromatic carbocycles. The molecule has 0 N–H and O–H groups in total. The van der Waals surface area contributed by atoms with Gasteiger partial charge in [-0.15, -0.1) is 10.2 Å². The summed E-state index contributed by atoms with van der Waals surface area (Å²) in [5.41, 5.74) is 1.15. The first-order valence-corrected chi connectivity index (χ1v) is 6.35. The van der Waals surface area contributed by atoms with Crippen LogP contribution in [-0.4, -0.2) is 26.3 Å². The maximum absolute atomic E-state index is 12.0. The van der Waals surface area contributed by atoms with Crippen molar-refractivity contribution >= 4 is 34.0 Å². The smallest absolute Gasteiger partial charge is 0.358 e. The Hall–Kier alpha value is -2.73. The molecule has 0 bridgehead atoms. The number of carbonyl (C=O) groups excluding carboxylic acids is 2. The third kappa shape index (κ3) is 2.75. The molecule has 0 saturated heterocycles. The van der Waals surface area contributed by atoms with Crippen LogP contribution in [0.3, 0.4) is 0 Å². The van der Waals surface area contributed by atoms with E-state index in [1.54, 1.807) is 36.4 Å². The lowest BCUT2D eigenvalue weighted by molar-refractivity contribution is 0.0735. The number of hydrogen-bond acceptors (Lipinski definition) is 5. The summed E-state index contributed by atoms with van der Waals surface area (Å²) in [5, 5.41) is 6.93. The Morgan fingerprint density at radius 2 is 1.71 bits per heavy atom. The first-order chi connectivity index (χ1) is 10.1. The zero-order valence-electron chi connectivity index (χ0n) is 10.6. The van der Waals surface area contributed by atoms with E-state index in [0.717, 1.165) is 4.80 Å². The maximum atomic E-state index is 12.0. The molecule has 0 fully saturated rings. The van der Waals surface area contributed by atoms with Crippen molar-refractivity contribution in [3.8, 4) is 5.75 Å². The predicted octanol–water partition coefficient (Wildman–Crippen LogP) is 2.86. The first kappa shape index (κ1) is 13.3. The molecule has 21 heavy (non-hydrogen) atoms. The van der Waals surface area contributed by atoms with Crippen molar-refractivity contribution in [1.29, 1.82) is 0 Å². The Morgan fingerprint density at radius 1 is 1.00 bits per heavy atom. The van der Waals surface area contributed by atoms with E-state index in [-0.39, 0.29) is 0 Å². The van der Waals surface area contributed by atoms with Crippen molar-refractivity contribution in [2.75, 3.05) is 0 Å². The van der Waals surface area contributed by atoms with Gasteiger partial charge in [0, 0.05) is 0 Å². The molecule has 0 radical (unpaired) electrons. The third-order valence-electron chi connectivity index (χ3n) is 2.73. The molecule has 0 aliphatic carbocycles. The number of para-hydroxylation sites is 1. The van der Waals surface area contributed by atoms with Gasteiger partial charge < -0.3 is 4.74 Å². The summed E-state index contributed by atoms with van der Waals surface area (Å²) in [4.78, 5) is 23.8. The van der Waals surface area contributed by atoms with E-state index in [1.807, 2.05) is 6.07 Å². The molecule has 0 aliphatic heterocycles. The van der Waals surface area contributed by atoms with E-state index < -0.39 is 11.3 Å². The lowest BCUT2D eigenvalue weighted by Crippen LogP contribution is -2.08. The van der Waals surface area contributed by atoms with E-state index in [1.165, 1.54) is 6.07 Å². The fraction of sp³-hybridized carbons (Fsp3) is 0. The average molecular weight is 302 g/mol. The topological polar surface area (TPSA) is 74.1 Å². The SMILES string of the molecule is O=C(Oc1ccccc1)c1ccc2nn(C(=O)Cl)nc2c1. The molecule has 0 amide bonds. The Balaban J connectivity index is 1.90. The van der Waals surface area contributed by atoms with E-state index >= 15 is 0 Å². The molecule has 3 aromatic rings. The number of hydrogen-bond donors (Lipinski definition) is 0. The molecule has 1 heterocycles. The second kappa shape index (κ2) is 5.34. The summed E-state index contributed by atoms with van der Waals surface area (Å²) < 4.78 is 5.22. The second-order valence-corrected chi connectivity index (χ2v) is 4.47. The highest BCUT2D eigenvalue weighted by molar-refractivity contribution is 6.63. The minimum absolute atomic E-state index is 0.306. The van der Waals surface area contributed by atoms with Gasteiger partial charge >= 0.3 is 11.3 Å². The highest BCUT2D eigenvalue weighted by Gasteiger charge is 2.13. The molecule has 0 unspecified atom stereocenters. The monoisotopic (exact) mass is 301 g/mol. The Labute approximate surface area is 123 Å². The lowest BCUT2D eigenvalue weighted by Gasteiger charge is -2.03. The van der Waals surface area contributed by atoms with E-state index in [0.29, 0.717) is 22.3 Å². The van der Waals surface area contributed by atoms with Gasteiger partial charge in [0.15, 0.2) is 0 Å². The zero-order valence-corrected chi connectivity index (χ0v) is 11.3. The Morgan fingerprint density at radius 3 is 2.43 bits per heavy atom. The maximum Gasteiger partial charge on any atom is 0.358 e. The number of nitrogens with zero attached hydrogens (tertiary/aromatic N) is 3. The summed E-state index contributed by atoms with van der Waals surface area (Å²) in [6, 6.07) is 13.3. The first-order valence-electron chi connectivity index (χ1n) is 5.98. The van der Waals surface area contributed by atoms with Crippen LogP contribution in [0.15, 0.2) is 48.5 Å². The number of ether oxygens (including phenoxy) is 1. The van der Waals surface area contributed by atoms with Crippen LogP contribution in [0.25, 0.3) is 11.0 Å². The van der Waals surface area contributed by atoms with Gasteiger partial charge in [-0.2, -0.15) is 0 Å². The van der Waals surface area contributed by atoms with Crippen molar-refractivity contribution in [1.82, 2.24) is 15.0 Å². The van der Waals surface area contributed by atoms with Crippen molar-refractivity contribution in [2.45, 2.75) is 0 Å². The summed E-state index contributed by atoms with van der Waals surface area (Å²) >= 11 is 5.29. The van der Waals surface area contributed by atoms with Crippen molar-refractivity contribution < 1.29 is 14.3 Å². The van der Waals surface area contributed by atoms with Crippen LogP contribution in [0.1, 0.15) is 10.4 Å². The van der Waals surface area contributed by atoms with Gasteiger partial charge in [-0.25, -0.2) is 4.79 Å². The van der Waals surface area contributed by atoms with Crippen LogP contribution in [0.2, 0.25) is 0 Å². The van der Waals surface area contributed by atoms with Gasteiger partial charge in [0.25, 0.3) is 0 Å². The van der Waals surface area contributed by atoms with Crippen LogP contribution < -0.4 is 4.74 Å². The van der Waals surface area contributed by atoms with Crippen molar-refractivity contribution in [2.24, 2.45) is 0 Å². The molecule has 1 aromatic heterocycles. The Kier molecular flexibility index (Phi) is 3.37. The molecule has 3 rings (SSSR count). The molecule has 104 valence electrons. The fourth-order valence-electron chi connectivity index (χ4n) is 1.77. The second-order valence-electron chi connectivity index (χ2n) is 4.15. The normalized spacial score (nSPS) is 10.5. The number of carbonyl (C=O) groups is 2. The van der Waals surface area contributed by atoms with Crippen LogP contribution in [0.5, 0.6) is 5.75 Å². The van der Waals surface area contributed by atoms with Gasteiger partial charge in [-0.3, -0.25) is 4.79 Å². The number of fused-ring (bicyclic) bond motifs is 1. The van der Waals surface area contributed by atoms with Gasteiger partial charge in [-0.1, -0.05) is 23.0 Å². The zero-order chi connectivity index (χ0) is 14.8. The van der Waals surface area contributed by atoms with Crippen LogP contribution >= 0.6 is 11.6 Å². The minimum Gasteiger partial charge on any atom is -0.423 e. The van der Waals surface area contributed by atoms with Gasteiger partial charge in [0.05, 0.1) is 5.56 Å². The van der Waals surface area contributed by atoms with Gasteiger partial charge in [-0.05, 0) is 41.9 Å². The molecule has 6 nitrogen and oxygen atoms in total. The number of rotatable bonds is 2. The quantitative estimate of drug-likeness (QED) is 0.413. The molecule has 0 saturated carbocycles. The average Bonchev–Trinajstić information content (AvgIpc) is 2.91. The molecule has 0 aliphatic rings. The standard InChI is InChI=1S/C14H8ClN3O3/c15-14(20)18-16-11-7-6-9(8-12(11)17-18)13(19)21-10-4-2-1-3-5-10/h1-8H. The van der Waals surface area contributed by atoms with Crippen LogP contribution in [0.4, 0.5) is 4.79 Å². The van der Waals surface area contributed by atoms with E-state index in [2.05, 4.69) is 10.2 Å². The summed E-state index contributed by atoms with van der Waals surface area (Å²) in [6.07, 6.45) is 0. The number of halogens is 1. The minimum atomic E-state index is -0.820. The number of aromatic nitrogens is 3. The number of benzene rings is 2. The molecule has 7 heteroatoms. The van der Waals surface area contributed by atoms with Crippen molar-refractivity contribution in [3.05, 3.63) is 54.1 Å². The molecular formula is C14H8ClN3O3. The summed E-state index contributed by atoms with van der Waals surface area (Å²) in [6.45, 7) is 0.